The molecule has 0 fully saturated rings. The van der Waals surface area contributed by atoms with E-state index in [0.29, 0.717) is 5.88 Å². The van der Waals surface area contributed by atoms with E-state index in [-0.39, 0.29) is 0 Å². The van der Waals surface area contributed by atoms with Crippen LogP contribution in [-0.4, -0.2) is 19.6 Å². The Balaban J connectivity index is 2.80. The molecular weight excluding hydrogens is 124 g/mol. The first-order chi connectivity index (χ1) is 3.91. The lowest BCUT2D eigenvalue weighted by Crippen LogP contribution is -1.83. The molecule has 0 spiro atoms. The molecule has 0 saturated carbocycles. The molecule has 0 aliphatic rings. The number of ether oxygens (including phenoxy) is 1. The molecular formula is C6H11ClO. The van der Waals surface area contributed by atoms with Crippen molar-refractivity contribution in [3.63, 3.8) is 0 Å². The van der Waals surface area contributed by atoms with Gasteiger partial charge in [0.1, 0.15) is 0 Å². The molecule has 0 atom stereocenters. The summed E-state index contributed by atoms with van der Waals surface area (Å²) in [6, 6.07) is 0. The Hall–Kier alpha value is -0.0100. The minimum Gasteiger partial charge on any atom is -0.384 e. The molecule has 0 radical (unpaired) electrons. The van der Waals surface area contributed by atoms with Crippen LogP contribution in [0.1, 0.15) is 6.42 Å². The Morgan fingerprint density at radius 1 is 1.50 bits per heavy atom. The van der Waals surface area contributed by atoms with Crippen LogP contribution in [0.4, 0.5) is 0 Å². The molecule has 1 nitrogen and oxygen atoms in total. The molecule has 0 amide bonds. The average Bonchev–Trinajstić information content (AvgIpc) is 1.81. The summed E-state index contributed by atoms with van der Waals surface area (Å²) in [6.07, 6.45) is 4.89. The van der Waals surface area contributed by atoms with Crippen LogP contribution in [0, 0.1) is 0 Å². The van der Waals surface area contributed by atoms with Crippen molar-refractivity contribution >= 4 is 11.6 Å². The Labute approximate surface area is 55.3 Å². The number of halogens is 1. The lowest BCUT2D eigenvalue weighted by atomic mass is 10.4. The molecule has 0 aliphatic carbocycles. The van der Waals surface area contributed by atoms with Crippen LogP contribution in [0.5, 0.6) is 0 Å². The van der Waals surface area contributed by atoms with Gasteiger partial charge in [-0.2, -0.15) is 0 Å². The lowest BCUT2D eigenvalue weighted by Gasteiger charge is -1.88. The number of allylic oxidation sites excluding steroid dienone is 1. The quantitative estimate of drug-likeness (QED) is 0.324. The van der Waals surface area contributed by atoms with Gasteiger partial charge in [0.15, 0.2) is 0 Å². The van der Waals surface area contributed by atoms with Crippen LogP contribution in [-0.2, 0) is 4.74 Å². The maximum atomic E-state index is 5.35. The van der Waals surface area contributed by atoms with E-state index in [0.717, 1.165) is 13.0 Å². The van der Waals surface area contributed by atoms with Gasteiger partial charge in [-0.25, -0.2) is 0 Å². The maximum absolute atomic E-state index is 5.35. The van der Waals surface area contributed by atoms with Crippen molar-refractivity contribution in [3.8, 4) is 0 Å². The Kier molecular flexibility index (Phi) is 6.98. The monoisotopic (exact) mass is 134 g/mol. The molecule has 0 saturated heterocycles. The van der Waals surface area contributed by atoms with Crippen molar-refractivity contribution in [2.24, 2.45) is 0 Å². The molecule has 2 heteroatoms. The molecule has 0 rings (SSSR count). The first-order valence-electron chi connectivity index (χ1n) is 2.61. The second kappa shape index (κ2) is 6.99. The molecule has 0 aromatic rings. The summed E-state index contributed by atoms with van der Waals surface area (Å²) in [5.41, 5.74) is 0. The average molecular weight is 135 g/mol. The molecule has 0 N–H and O–H groups in total. The highest BCUT2D eigenvalue weighted by atomic mass is 35.5. The molecule has 0 bridgehead atoms. The zero-order valence-corrected chi connectivity index (χ0v) is 5.82. The van der Waals surface area contributed by atoms with E-state index in [2.05, 4.69) is 0 Å². The fourth-order valence-corrected chi connectivity index (χ4v) is 0.493. The lowest BCUT2D eigenvalue weighted by molar-refractivity contribution is 0.204. The van der Waals surface area contributed by atoms with Crippen molar-refractivity contribution in [2.75, 3.05) is 19.6 Å². The van der Waals surface area contributed by atoms with Crippen LogP contribution >= 0.6 is 11.6 Å². The van der Waals surface area contributed by atoms with Crippen molar-refractivity contribution in [3.05, 3.63) is 12.2 Å². The molecule has 0 unspecified atom stereocenters. The molecule has 48 valence electrons. The van der Waals surface area contributed by atoms with Crippen molar-refractivity contribution in [1.82, 2.24) is 0 Å². The first-order valence-corrected chi connectivity index (χ1v) is 3.15. The standard InChI is InChI=1S/C6H11ClO/c1-8-6-4-2-3-5-7/h2-3H,4-6H2,1H3/b3-2+. The summed E-state index contributed by atoms with van der Waals surface area (Å²) in [5.74, 6) is 0.601. The van der Waals surface area contributed by atoms with Crippen LogP contribution in [0.2, 0.25) is 0 Å². The summed E-state index contributed by atoms with van der Waals surface area (Å²) in [5, 5.41) is 0. The van der Waals surface area contributed by atoms with Crippen LogP contribution in [0.25, 0.3) is 0 Å². The number of alkyl halides is 1. The zero-order valence-electron chi connectivity index (χ0n) is 5.06. The third-order valence-corrected chi connectivity index (χ3v) is 0.923. The summed E-state index contributed by atoms with van der Waals surface area (Å²) in [4.78, 5) is 0. The van der Waals surface area contributed by atoms with Crippen molar-refractivity contribution < 1.29 is 4.74 Å². The third kappa shape index (κ3) is 5.99. The van der Waals surface area contributed by atoms with E-state index in [1.807, 2.05) is 12.2 Å². The Morgan fingerprint density at radius 2 is 2.25 bits per heavy atom. The summed E-state index contributed by atoms with van der Waals surface area (Å²) >= 11 is 5.35. The number of methoxy groups -OCH3 is 1. The highest BCUT2D eigenvalue weighted by molar-refractivity contribution is 6.18. The summed E-state index contributed by atoms with van der Waals surface area (Å²) in [7, 11) is 1.69. The predicted molar refractivity (Wildman–Crippen MR) is 36.4 cm³/mol. The van der Waals surface area contributed by atoms with E-state index in [1.54, 1.807) is 7.11 Å². The van der Waals surface area contributed by atoms with E-state index in [1.165, 1.54) is 0 Å². The topological polar surface area (TPSA) is 9.23 Å². The van der Waals surface area contributed by atoms with Gasteiger partial charge in [0.05, 0.1) is 0 Å². The minimum atomic E-state index is 0.601. The second-order valence-corrected chi connectivity index (χ2v) is 1.72. The van der Waals surface area contributed by atoms with Crippen LogP contribution in [0.15, 0.2) is 12.2 Å². The van der Waals surface area contributed by atoms with Gasteiger partial charge in [-0.1, -0.05) is 12.2 Å². The fourth-order valence-electron chi connectivity index (χ4n) is 0.367. The Morgan fingerprint density at radius 3 is 2.75 bits per heavy atom. The Bertz CT molecular complexity index is 61.5. The second-order valence-electron chi connectivity index (χ2n) is 1.41. The van der Waals surface area contributed by atoms with E-state index in [4.69, 9.17) is 16.3 Å². The van der Waals surface area contributed by atoms with Gasteiger partial charge >= 0.3 is 0 Å². The molecule has 0 aromatic carbocycles. The first kappa shape index (κ1) is 7.99. The highest BCUT2D eigenvalue weighted by Gasteiger charge is 1.74. The third-order valence-electron chi connectivity index (χ3n) is 0.744. The fraction of sp³-hybridized carbons (Fsp3) is 0.667. The van der Waals surface area contributed by atoms with Crippen LogP contribution < -0.4 is 0 Å². The number of rotatable bonds is 4. The van der Waals surface area contributed by atoms with Gasteiger partial charge in [0.2, 0.25) is 0 Å². The molecule has 0 heterocycles. The van der Waals surface area contributed by atoms with Gasteiger partial charge in [-0.15, -0.1) is 11.6 Å². The van der Waals surface area contributed by atoms with Gasteiger partial charge in [0.25, 0.3) is 0 Å². The minimum absolute atomic E-state index is 0.601. The maximum Gasteiger partial charge on any atom is 0.0496 e. The van der Waals surface area contributed by atoms with Gasteiger partial charge in [-0.05, 0) is 6.42 Å². The summed E-state index contributed by atoms with van der Waals surface area (Å²) in [6.45, 7) is 0.785. The van der Waals surface area contributed by atoms with Gasteiger partial charge < -0.3 is 4.74 Å². The molecule has 0 aromatic heterocycles. The van der Waals surface area contributed by atoms with E-state index < -0.39 is 0 Å². The predicted octanol–water partition coefficient (Wildman–Crippen LogP) is 1.82. The van der Waals surface area contributed by atoms with Crippen molar-refractivity contribution in [2.45, 2.75) is 6.42 Å². The van der Waals surface area contributed by atoms with Crippen molar-refractivity contribution in [1.29, 1.82) is 0 Å². The number of hydrogen-bond acceptors (Lipinski definition) is 1. The van der Waals surface area contributed by atoms with Gasteiger partial charge in [-0.3, -0.25) is 0 Å². The highest BCUT2D eigenvalue weighted by Crippen LogP contribution is 1.84. The van der Waals surface area contributed by atoms with E-state index >= 15 is 0 Å². The molecule has 0 aliphatic heterocycles. The molecule has 8 heavy (non-hydrogen) atoms. The smallest absolute Gasteiger partial charge is 0.0496 e. The van der Waals surface area contributed by atoms with Crippen LogP contribution in [0.3, 0.4) is 0 Å². The number of hydrogen-bond donors (Lipinski definition) is 0. The summed E-state index contributed by atoms with van der Waals surface area (Å²) < 4.78 is 4.79. The normalized spacial score (nSPS) is 10.8. The SMILES string of the molecule is COCC/C=C/CCl. The van der Waals surface area contributed by atoms with Gasteiger partial charge in [0, 0.05) is 19.6 Å². The van der Waals surface area contributed by atoms with E-state index in [9.17, 15) is 0 Å². The zero-order chi connectivity index (χ0) is 6.24. The largest absolute Gasteiger partial charge is 0.384 e.